The summed E-state index contributed by atoms with van der Waals surface area (Å²) < 4.78 is 0. The van der Waals surface area contributed by atoms with Crippen LogP contribution in [-0.2, 0) is 4.79 Å². The van der Waals surface area contributed by atoms with E-state index in [1.807, 2.05) is 27.0 Å². The molecule has 98 valence electrons. The van der Waals surface area contributed by atoms with Gasteiger partial charge in [0.1, 0.15) is 17.5 Å². The molecule has 1 aliphatic rings. The van der Waals surface area contributed by atoms with E-state index in [0.717, 1.165) is 24.6 Å². The molecule has 1 amide bonds. The van der Waals surface area contributed by atoms with Gasteiger partial charge in [-0.2, -0.15) is 0 Å². The maximum Gasteiger partial charge on any atom is 0.225 e. The number of nitrogens with one attached hydrogen (secondary N) is 1. The quantitative estimate of drug-likeness (QED) is 0.816. The Bertz CT molecular complexity index is 476. The van der Waals surface area contributed by atoms with Crippen LogP contribution < -0.4 is 16.0 Å². The first-order chi connectivity index (χ1) is 8.44. The molecule has 1 aromatic heterocycles. The third-order valence-electron chi connectivity index (χ3n) is 3.47. The lowest BCUT2D eigenvalue weighted by atomic mass is 9.89. The molecule has 3 N–H and O–H groups in total. The fourth-order valence-electron chi connectivity index (χ4n) is 2.20. The lowest BCUT2D eigenvalue weighted by Gasteiger charge is -2.22. The second-order valence-electron chi connectivity index (χ2n) is 5.01. The molecule has 0 bridgehead atoms. The van der Waals surface area contributed by atoms with Crippen LogP contribution in [0.15, 0.2) is 6.07 Å². The Morgan fingerprint density at radius 2 is 2.28 bits per heavy atom. The zero-order chi connectivity index (χ0) is 13.3. The summed E-state index contributed by atoms with van der Waals surface area (Å²) in [7, 11) is 1.82. The summed E-state index contributed by atoms with van der Waals surface area (Å²) in [5, 5.41) is 3.01. The molecule has 18 heavy (non-hydrogen) atoms. The lowest BCUT2D eigenvalue weighted by molar-refractivity contribution is -0.125. The minimum atomic E-state index is -0.460. The van der Waals surface area contributed by atoms with Gasteiger partial charge in [-0.25, -0.2) is 9.97 Å². The third kappa shape index (κ3) is 2.23. The van der Waals surface area contributed by atoms with Crippen LogP contribution in [0.25, 0.3) is 0 Å². The average molecular weight is 249 g/mol. The predicted octanol–water partition coefficient (Wildman–Crippen LogP) is 0.528. The molecule has 1 saturated heterocycles. The van der Waals surface area contributed by atoms with E-state index in [2.05, 4.69) is 20.2 Å². The standard InChI is InChI=1S/C12H19N5O/c1-8-15-9(14-3)6-10(16-8)17-5-4-12(2,7-17)11(13)18/h6H,4-5,7H2,1-3H3,(H2,13,18)(H,14,15,16). The normalized spacial score (nSPS) is 23.2. The highest BCUT2D eigenvalue weighted by atomic mass is 16.1. The van der Waals surface area contributed by atoms with Crippen molar-refractivity contribution in [3.8, 4) is 0 Å². The molecule has 1 unspecified atom stereocenters. The van der Waals surface area contributed by atoms with Crippen molar-refractivity contribution in [1.29, 1.82) is 0 Å². The first-order valence-electron chi connectivity index (χ1n) is 6.03. The van der Waals surface area contributed by atoms with Crippen LogP contribution in [0.4, 0.5) is 11.6 Å². The van der Waals surface area contributed by atoms with E-state index < -0.39 is 5.41 Å². The van der Waals surface area contributed by atoms with E-state index in [9.17, 15) is 4.79 Å². The Morgan fingerprint density at radius 3 is 2.83 bits per heavy atom. The highest BCUT2D eigenvalue weighted by molar-refractivity contribution is 5.82. The Labute approximate surface area is 107 Å². The van der Waals surface area contributed by atoms with Gasteiger partial charge in [0, 0.05) is 26.2 Å². The zero-order valence-electron chi connectivity index (χ0n) is 11.0. The van der Waals surface area contributed by atoms with E-state index in [-0.39, 0.29) is 5.91 Å². The van der Waals surface area contributed by atoms with E-state index in [0.29, 0.717) is 12.4 Å². The van der Waals surface area contributed by atoms with Crippen molar-refractivity contribution in [2.45, 2.75) is 20.3 Å². The SMILES string of the molecule is CNc1cc(N2CCC(C)(C(N)=O)C2)nc(C)n1. The summed E-state index contributed by atoms with van der Waals surface area (Å²) in [5.74, 6) is 2.09. The highest BCUT2D eigenvalue weighted by Gasteiger charge is 2.39. The number of nitrogens with two attached hydrogens (primary N) is 1. The number of anilines is 2. The highest BCUT2D eigenvalue weighted by Crippen LogP contribution is 2.32. The van der Waals surface area contributed by atoms with Gasteiger partial charge in [0.25, 0.3) is 0 Å². The van der Waals surface area contributed by atoms with Crippen molar-refractivity contribution in [1.82, 2.24) is 9.97 Å². The molecular formula is C12H19N5O. The molecule has 0 aliphatic carbocycles. The van der Waals surface area contributed by atoms with Crippen molar-refractivity contribution in [3.63, 3.8) is 0 Å². The number of amides is 1. The monoisotopic (exact) mass is 249 g/mol. The molecule has 6 heteroatoms. The van der Waals surface area contributed by atoms with E-state index in [4.69, 9.17) is 5.73 Å². The molecule has 1 fully saturated rings. The Kier molecular flexibility index (Phi) is 3.11. The third-order valence-corrected chi connectivity index (χ3v) is 3.47. The number of hydrogen-bond donors (Lipinski definition) is 2. The first-order valence-corrected chi connectivity index (χ1v) is 6.03. The molecule has 0 spiro atoms. The number of primary amides is 1. The lowest BCUT2D eigenvalue weighted by Crippen LogP contribution is -2.37. The van der Waals surface area contributed by atoms with Crippen molar-refractivity contribution in [2.24, 2.45) is 11.1 Å². The van der Waals surface area contributed by atoms with Gasteiger partial charge in [-0.05, 0) is 20.3 Å². The topological polar surface area (TPSA) is 84.1 Å². The van der Waals surface area contributed by atoms with Crippen LogP contribution in [-0.4, -0.2) is 36.0 Å². The number of rotatable bonds is 3. The Balaban J connectivity index is 2.24. The summed E-state index contributed by atoms with van der Waals surface area (Å²) in [6.07, 6.45) is 0.764. The maximum absolute atomic E-state index is 11.4. The van der Waals surface area contributed by atoms with Crippen molar-refractivity contribution in [3.05, 3.63) is 11.9 Å². The molecule has 0 aromatic carbocycles. The van der Waals surface area contributed by atoms with Gasteiger partial charge in [0.2, 0.25) is 5.91 Å². The summed E-state index contributed by atoms with van der Waals surface area (Å²) in [6.45, 7) is 5.16. The van der Waals surface area contributed by atoms with Crippen LogP contribution in [0.5, 0.6) is 0 Å². The molecule has 6 nitrogen and oxygen atoms in total. The number of aromatic nitrogens is 2. The summed E-state index contributed by atoms with van der Waals surface area (Å²) in [5.41, 5.74) is 4.99. The van der Waals surface area contributed by atoms with Crippen LogP contribution in [0, 0.1) is 12.3 Å². The Hall–Kier alpha value is -1.85. The fraction of sp³-hybridized carbons (Fsp3) is 0.583. The second-order valence-corrected chi connectivity index (χ2v) is 5.01. The average Bonchev–Trinajstić information content (AvgIpc) is 2.72. The van der Waals surface area contributed by atoms with Crippen LogP contribution in [0.1, 0.15) is 19.2 Å². The van der Waals surface area contributed by atoms with Crippen molar-refractivity contribution in [2.75, 3.05) is 30.4 Å². The Morgan fingerprint density at radius 1 is 1.56 bits per heavy atom. The number of aryl methyl sites for hydroxylation is 1. The van der Waals surface area contributed by atoms with Gasteiger partial charge in [-0.3, -0.25) is 4.79 Å². The molecule has 0 radical (unpaired) electrons. The van der Waals surface area contributed by atoms with Crippen LogP contribution in [0.2, 0.25) is 0 Å². The van der Waals surface area contributed by atoms with Crippen LogP contribution >= 0.6 is 0 Å². The smallest absolute Gasteiger partial charge is 0.225 e. The van der Waals surface area contributed by atoms with Gasteiger partial charge >= 0.3 is 0 Å². The minimum absolute atomic E-state index is 0.246. The summed E-state index contributed by atoms with van der Waals surface area (Å²) in [4.78, 5) is 22.2. The second kappa shape index (κ2) is 4.44. The number of carbonyl (C=O) groups excluding carboxylic acids is 1. The molecular weight excluding hydrogens is 230 g/mol. The van der Waals surface area contributed by atoms with E-state index in [1.54, 1.807) is 0 Å². The van der Waals surface area contributed by atoms with E-state index in [1.165, 1.54) is 0 Å². The maximum atomic E-state index is 11.4. The summed E-state index contributed by atoms with van der Waals surface area (Å²) >= 11 is 0. The minimum Gasteiger partial charge on any atom is -0.373 e. The molecule has 2 heterocycles. The molecule has 1 aromatic rings. The van der Waals surface area contributed by atoms with Gasteiger partial charge < -0.3 is 16.0 Å². The fourth-order valence-corrected chi connectivity index (χ4v) is 2.20. The van der Waals surface area contributed by atoms with Gasteiger partial charge in [0.05, 0.1) is 5.41 Å². The number of hydrogen-bond acceptors (Lipinski definition) is 5. The zero-order valence-corrected chi connectivity index (χ0v) is 11.0. The number of nitrogens with zero attached hydrogens (tertiary/aromatic N) is 3. The van der Waals surface area contributed by atoms with Gasteiger partial charge in [-0.1, -0.05) is 0 Å². The van der Waals surface area contributed by atoms with E-state index >= 15 is 0 Å². The molecule has 2 rings (SSSR count). The number of carbonyl (C=O) groups is 1. The summed E-state index contributed by atoms with van der Waals surface area (Å²) in [6, 6.07) is 1.89. The molecule has 0 saturated carbocycles. The van der Waals surface area contributed by atoms with Crippen molar-refractivity contribution >= 4 is 17.5 Å². The van der Waals surface area contributed by atoms with Gasteiger partial charge in [-0.15, -0.1) is 0 Å². The van der Waals surface area contributed by atoms with Crippen molar-refractivity contribution < 1.29 is 4.79 Å². The largest absolute Gasteiger partial charge is 0.373 e. The van der Waals surface area contributed by atoms with Crippen LogP contribution in [0.3, 0.4) is 0 Å². The first kappa shape index (κ1) is 12.6. The molecule has 1 aliphatic heterocycles. The predicted molar refractivity (Wildman–Crippen MR) is 70.4 cm³/mol. The van der Waals surface area contributed by atoms with Gasteiger partial charge in [0.15, 0.2) is 0 Å². The molecule has 1 atom stereocenters.